The number of nitrogens with zero attached hydrogens (tertiary/aromatic N) is 2. The molecule has 0 aliphatic carbocycles. The van der Waals surface area contributed by atoms with Gasteiger partial charge in [0.15, 0.2) is 0 Å². The monoisotopic (exact) mass is 224 g/mol. The van der Waals surface area contributed by atoms with Gasteiger partial charge in [-0.1, -0.05) is 30.4 Å². The minimum absolute atomic E-state index is 1.11. The first-order valence-electron chi connectivity index (χ1n) is 5.61. The fourth-order valence-corrected chi connectivity index (χ4v) is 1.57. The summed E-state index contributed by atoms with van der Waals surface area (Å²) in [5, 5.41) is 0. The van der Waals surface area contributed by atoms with Crippen LogP contribution in [0.5, 0.6) is 0 Å². The second kappa shape index (κ2) is 5.30. The first-order chi connectivity index (χ1) is 8.25. The number of hydrogen-bond acceptors (Lipinski definition) is 2. The Labute approximate surface area is 102 Å². The predicted octanol–water partition coefficient (Wildman–Crippen LogP) is 3.32. The van der Waals surface area contributed by atoms with Crippen molar-refractivity contribution in [2.75, 3.05) is 19.0 Å². The summed E-state index contributed by atoms with van der Waals surface area (Å²) < 4.78 is 0. The van der Waals surface area contributed by atoms with Crippen LogP contribution in [0.3, 0.4) is 0 Å². The maximum atomic E-state index is 4.08. The summed E-state index contributed by atoms with van der Waals surface area (Å²) in [4.78, 5) is 6.18. The Kier molecular flexibility index (Phi) is 3.55. The molecule has 0 atom stereocenters. The SMILES string of the molecule is CN(C)c1cccc(/C=C/c2cccnc2)c1. The minimum Gasteiger partial charge on any atom is -0.378 e. The van der Waals surface area contributed by atoms with E-state index in [2.05, 4.69) is 46.3 Å². The Bertz CT molecular complexity index is 501. The van der Waals surface area contributed by atoms with Crippen LogP contribution in [0, 0.1) is 0 Å². The molecule has 0 bridgehead atoms. The highest BCUT2D eigenvalue weighted by molar-refractivity contribution is 5.71. The van der Waals surface area contributed by atoms with E-state index in [1.54, 1.807) is 6.20 Å². The molecular weight excluding hydrogens is 208 g/mol. The molecule has 86 valence electrons. The highest BCUT2D eigenvalue weighted by atomic mass is 15.1. The lowest BCUT2D eigenvalue weighted by Gasteiger charge is -2.12. The Hall–Kier alpha value is -2.09. The van der Waals surface area contributed by atoms with Gasteiger partial charge in [-0.05, 0) is 29.3 Å². The molecule has 0 unspecified atom stereocenters. The summed E-state index contributed by atoms with van der Waals surface area (Å²) >= 11 is 0. The number of anilines is 1. The first kappa shape index (κ1) is 11.4. The summed E-state index contributed by atoms with van der Waals surface area (Å²) in [5.74, 6) is 0. The Morgan fingerprint density at radius 1 is 1.00 bits per heavy atom. The van der Waals surface area contributed by atoms with Crippen LogP contribution in [-0.4, -0.2) is 19.1 Å². The first-order valence-corrected chi connectivity index (χ1v) is 5.61. The third-order valence-electron chi connectivity index (χ3n) is 2.54. The van der Waals surface area contributed by atoms with Crippen LogP contribution in [0.2, 0.25) is 0 Å². The maximum Gasteiger partial charge on any atom is 0.0367 e. The van der Waals surface area contributed by atoms with Crippen LogP contribution in [0.15, 0.2) is 48.8 Å². The zero-order chi connectivity index (χ0) is 12.1. The van der Waals surface area contributed by atoms with E-state index in [9.17, 15) is 0 Å². The number of hydrogen-bond donors (Lipinski definition) is 0. The summed E-state index contributed by atoms with van der Waals surface area (Å²) in [6.07, 6.45) is 7.81. The Morgan fingerprint density at radius 3 is 2.47 bits per heavy atom. The van der Waals surface area contributed by atoms with Crippen LogP contribution in [0.4, 0.5) is 5.69 Å². The highest BCUT2D eigenvalue weighted by Crippen LogP contribution is 2.15. The molecule has 0 saturated heterocycles. The van der Waals surface area contributed by atoms with Crippen LogP contribution in [0.25, 0.3) is 12.2 Å². The average Bonchev–Trinajstić information content (AvgIpc) is 2.38. The molecule has 0 spiro atoms. The average molecular weight is 224 g/mol. The van der Waals surface area contributed by atoms with Crippen molar-refractivity contribution in [1.82, 2.24) is 4.98 Å². The normalized spacial score (nSPS) is 10.7. The molecule has 0 aliphatic rings. The molecular formula is C15H16N2. The fourth-order valence-electron chi connectivity index (χ4n) is 1.57. The molecule has 1 heterocycles. The zero-order valence-corrected chi connectivity index (χ0v) is 10.2. The quantitative estimate of drug-likeness (QED) is 0.795. The summed E-state index contributed by atoms with van der Waals surface area (Å²) in [5.41, 5.74) is 3.51. The molecule has 2 aromatic rings. The van der Waals surface area contributed by atoms with Gasteiger partial charge in [0.25, 0.3) is 0 Å². The third kappa shape index (κ3) is 3.18. The second-order valence-corrected chi connectivity index (χ2v) is 4.11. The van der Waals surface area contributed by atoms with Gasteiger partial charge in [-0.2, -0.15) is 0 Å². The van der Waals surface area contributed by atoms with Crippen molar-refractivity contribution in [2.24, 2.45) is 0 Å². The van der Waals surface area contributed by atoms with Gasteiger partial charge in [-0.15, -0.1) is 0 Å². The van der Waals surface area contributed by atoms with Crippen molar-refractivity contribution in [3.8, 4) is 0 Å². The van der Waals surface area contributed by atoms with Crippen molar-refractivity contribution in [2.45, 2.75) is 0 Å². The number of rotatable bonds is 3. The van der Waals surface area contributed by atoms with Gasteiger partial charge >= 0.3 is 0 Å². The van der Waals surface area contributed by atoms with Gasteiger partial charge in [-0.3, -0.25) is 4.98 Å². The van der Waals surface area contributed by atoms with Gasteiger partial charge in [0.2, 0.25) is 0 Å². The molecule has 0 fully saturated rings. The predicted molar refractivity (Wildman–Crippen MR) is 73.9 cm³/mol. The maximum absolute atomic E-state index is 4.08. The van der Waals surface area contributed by atoms with E-state index in [1.165, 1.54) is 11.3 Å². The van der Waals surface area contributed by atoms with Crippen molar-refractivity contribution in [3.63, 3.8) is 0 Å². The van der Waals surface area contributed by atoms with Gasteiger partial charge in [-0.25, -0.2) is 0 Å². The van der Waals surface area contributed by atoms with Crippen molar-refractivity contribution >= 4 is 17.8 Å². The van der Waals surface area contributed by atoms with Crippen LogP contribution in [0.1, 0.15) is 11.1 Å². The summed E-state index contributed by atoms with van der Waals surface area (Å²) in [6.45, 7) is 0. The standard InChI is InChI=1S/C15H16N2/c1-17(2)15-7-3-5-13(11-15)8-9-14-6-4-10-16-12-14/h3-12H,1-2H3/b9-8+. The molecule has 0 amide bonds. The fraction of sp³-hybridized carbons (Fsp3) is 0.133. The lowest BCUT2D eigenvalue weighted by atomic mass is 10.1. The Balaban J connectivity index is 2.19. The zero-order valence-electron chi connectivity index (χ0n) is 10.2. The second-order valence-electron chi connectivity index (χ2n) is 4.11. The molecule has 0 aliphatic heterocycles. The van der Waals surface area contributed by atoms with Crippen LogP contribution in [-0.2, 0) is 0 Å². The van der Waals surface area contributed by atoms with E-state index < -0.39 is 0 Å². The summed E-state index contributed by atoms with van der Waals surface area (Å²) in [6, 6.07) is 12.4. The molecule has 1 aromatic heterocycles. The topological polar surface area (TPSA) is 16.1 Å². The smallest absolute Gasteiger partial charge is 0.0367 e. The van der Waals surface area contributed by atoms with E-state index in [-0.39, 0.29) is 0 Å². The van der Waals surface area contributed by atoms with Crippen molar-refractivity contribution in [3.05, 3.63) is 59.9 Å². The van der Waals surface area contributed by atoms with E-state index in [0.717, 1.165) is 5.56 Å². The highest BCUT2D eigenvalue weighted by Gasteiger charge is 1.94. The van der Waals surface area contributed by atoms with E-state index in [1.807, 2.05) is 32.4 Å². The van der Waals surface area contributed by atoms with Crippen molar-refractivity contribution < 1.29 is 0 Å². The molecule has 1 aromatic carbocycles. The molecule has 0 N–H and O–H groups in total. The lowest BCUT2D eigenvalue weighted by Crippen LogP contribution is -2.08. The number of pyridine rings is 1. The van der Waals surface area contributed by atoms with Gasteiger partial charge in [0, 0.05) is 32.2 Å². The third-order valence-corrected chi connectivity index (χ3v) is 2.54. The molecule has 2 nitrogen and oxygen atoms in total. The Morgan fingerprint density at radius 2 is 1.76 bits per heavy atom. The molecule has 2 rings (SSSR count). The molecule has 17 heavy (non-hydrogen) atoms. The largest absolute Gasteiger partial charge is 0.378 e. The molecule has 0 radical (unpaired) electrons. The van der Waals surface area contributed by atoms with E-state index in [0.29, 0.717) is 0 Å². The van der Waals surface area contributed by atoms with Crippen molar-refractivity contribution in [1.29, 1.82) is 0 Å². The van der Waals surface area contributed by atoms with Gasteiger partial charge < -0.3 is 4.90 Å². The van der Waals surface area contributed by atoms with Gasteiger partial charge in [0.1, 0.15) is 0 Å². The summed E-state index contributed by atoms with van der Waals surface area (Å²) in [7, 11) is 4.09. The lowest BCUT2D eigenvalue weighted by molar-refractivity contribution is 1.13. The minimum atomic E-state index is 1.11. The number of aromatic nitrogens is 1. The molecule has 2 heteroatoms. The number of benzene rings is 1. The van der Waals surface area contributed by atoms with E-state index in [4.69, 9.17) is 0 Å². The van der Waals surface area contributed by atoms with Gasteiger partial charge in [0.05, 0.1) is 0 Å². The van der Waals surface area contributed by atoms with Crippen LogP contribution < -0.4 is 4.90 Å². The molecule has 0 saturated carbocycles. The van der Waals surface area contributed by atoms with E-state index >= 15 is 0 Å². The van der Waals surface area contributed by atoms with Crippen LogP contribution >= 0.6 is 0 Å².